The summed E-state index contributed by atoms with van der Waals surface area (Å²) in [7, 11) is 0. The van der Waals surface area contributed by atoms with Crippen molar-refractivity contribution in [1.82, 2.24) is 5.32 Å². The fourth-order valence-corrected chi connectivity index (χ4v) is 1.87. The van der Waals surface area contributed by atoms with Crippen molar-refractivity contribution in [3.63, 3.8) is 0 Å². The maximum absolute atomic E-state index is 12.7. The average Bonchev–Trinajstić information content (AvgIpc) is 2.36. The standard InChI is InChI=1S/C12H11BrF5NO2/c13-9-2-1-7(5-8(9)12(16,17)18)11(20)19-3-4-21-6-10(14)15/h1-2,5,10H,3-4,6H2,(H,19,20). The molecule has 9 heteroatoms. The molecule has 0 aliphatic rings. The molecule has 1 N–H and O–H groups in total. The molecule has 1 amide bonds. The molecule has 1 aromatic rings. The first-order valence-electron chi connectivity index (χ1n) is 5.72. The molecule has 1 rings (SSSR count). The molecule has 0 bridgehead atoms. The summed E-state index contributed by atoms with van der Waals surface area (Å²) in [5.41, 5.74) is -1.15. The van der Waals surface area contributed by atoms with E-state index in [9.17, 15) is 26.7 Å². The number of carbonyl (C=O) groups excluding carboxylic acids is 1. The van der Waals surface area contributed by atoms with Crippen LogP contribution < -0.4 is 5.32 Å². The normalized spacial score (nSPS) is 11.8. The predicted octanol–water partition coefficient (Wildman–Crippen LogP) is 3.48. The maximum atomic E-state index is 12.7. The summed E-state index contributed by atoms with van der Waals surface area (Å²) in [5.74, 6) is -0.742. The van der Waals surface area contributed by atoms with Crippen molar-refractivity contribution in [1.29, 1.82) is 0 Å². The van der Waals surface area contributed by atoms with Gasteiger partial charge >= 0.3 is 6.18 Å². The van der Waals surface area contributed by atoms with E-state index >= 15 is 0 Å². The topological polar surface area (TPSA) is 38.3 Å². The van der Waals surface area contributed by atoms with E-state index in [0.717, 1.165) is 6.07 Å². The molecule has 118 valence electrons. The summed E-state index contributed by atoms with van der Waals surface area (Å²) in [4.78, 5) is 11.6. The zero-order valence-electron chi connectivity index (χ0n) is 10.5. The number of alkyl halides is 5. The van der Waals surface area contributed by atoms with Crippen LogP contribution in [0.5, 0.6) is 0 Å². The number of carbonyl (C=O) groups is 1. The molecule has 0 radical (unpaired) electrons. The summed E-state index contributed by atoms with van der Waals surface area (Å²) in [6.45, 7) is -0.992. The van der Waals surface area contributed by atoms with Crippen LogP contribution in [0.3, 0.4) is 0 Å². The molecule has 0 aliphatic heterocycles. The lowest BCUT2D eigenvalue weighted by molar-refractivity contribution is -0.138. The molecule has 0 spiro atoms. The Kier molecular flexibility index (Phi) is 6.53. The Morgan fingerprint density at radius 3 is 2.57 bits per heavy atom. The van der Waals surface area contributed by atoms with E-state index in [1.165, 1.54) is 6.07 Å². The second-order valence-corrected chi connectivity index (χ2v) is 4.77. The number of hydrogen-bond acceptors (Lipinski definition) is 2. The number of amides is 1. The molecule has 0 unspecified atom stereocenters. The monoisotopic (exact) mass is 375 g/mol. The number of nitrogens with one attached hydrogen (secondary N) is 1. The third-order valence-corrected chi connectivity index (χ3v) is 3.00. The van der Waals surface area contributed by atoms with E-state index in [4.69, 9.17) is 0 Å². The average molecular weight is 376 g/mol. The minimum atomic E-state index is -4.59. The molecule has 0 aromatic heterocycles. The van der Waals surface area contributed by atoms with Crippen LogP contribution in [0.4, 0.5) is 22.0 Å². The summed E-state index contributed by atoms with van der Waals surface area (Å²) in [6, 6.07) is 3.04. The number of halogens is 6. The molecule has 0 saturated carbocycles. The van der Waals surface area contributed by atoms with Gasteiger partial charge in [0.1, 0.15) is 6.61 Å². The summed E-state index contributed by atoms with van der Waals surface area (Å²) < 4.78 is 65.9. The van der Waals surface area contributed by atoms with Gasteiger partial charge in [0, 0.05) is 16.6 Å². The van der Waals surface area contributed by atoms with Gasteiger partial charge in [0.15, 0.2) is 0 Å². The van der Waals surface area contributed by atoms with Gasteiger partial charge in [0.25, 0.3) is 12.3 Å². The fraction of sp³-hybridized carbons (Fsp3) is 0.417. The molecule has 1 aromatic carbocycles. The maximum Gasteiger partial charge on any atom is 0.417 e. The molecule has 21 heavy (non-hydrogen) atoms. The Bertz CT molecular complexity index is 493. The highest BCUT2D eigenvalue weighted by atomic mass is 79.9. The Hall–Kier alpha value is -1.22. The van der Waals surface area contributed by atoms with Crippen molar-refractivity contribution >= 4 is 21.8 Å². The highest BCUT2D eigenvalue weighted by Crippen LogP contribution is 2.35. The van der Waals surface area contributed by atoms with Crippen molar-refractivity contribution in [2.75, 3.05) is 19.8 Å². The zero-order chi connectivity index (χ0) is 16.0. The Balaban J connectivity index is 2.59. The quantitative estimate of drug-likeness (QED) is 0.610. The summed E-state index contributed by atoms with van der Waals surface area (Å²) in [5, 5.41) is 2.28. The van der Waals surface area contributed by atoms with Crippen LogP contribution in [-0.2, 0) is 10.9 Å². The predicted molar refractivity (Wildman–Crippen MR) is 68.3 cm³/mol. The second-order valence-electron chi connectivity index (χ2n) is 3.91. The largest absolute Gasteiger partial charge is 0.417 e. The number of benzene rings is 1. The first-order chi connectivity index (χ1) is 9.71. The van der Waals surface area contributed by atoms with Gasteiger partial charge in [-0.15, -0.1) is 0 Å². The molecule has 0 heterocycles. The third-order valence-electron chi connectivity index (χ3n) is 2.31. The van der Waals surface area contributed by atoms with Gasteiger partial charge in [-0.25, -0.2) is 8.78 Å². The van der Waals surface area contributed by atoms with Crippen molar-refractivity contribution in [2.24, 2.45) is 0 Å². The van der Waals surface area contributed by atoms with Gasteiger partial charge in [0.2, 0.25) is 0 Å². The van der Waals surface area contributed by atoms with Crippen molar-refractivity contribution < 1.29 is 31.5 Å². The van der Waals surface area contributed by atoms with Crippen LogP contribution >= 0.6 is 15.9 Å². The van der Waals surface area contributed by atoms with E-state index in [1.807, 2.05) is 0 Å². The van der Waals surface area contributed by atoms with E-state index in [-0.39, 0.29) is 23.2 Å². The Morgan fingerprint density at radius 1 is 1.33 bits per heavy atom. The van der Waals surface area contributed by atoms with Crippen LogP contribution in [0.15, 0.2) is 22.7 Å². The highest BCUT2D eigenvalue weighted by Gasteiger charge is 2.33. The number of rotatable bonds is 6. The van der Waals surface area contributed by atoms with Gasteiger partial charge in [-0.1, -0.05) is 15.9 Å². The first-order valence-corrected chi connectivity index (χ1v) is 6.52. The van der Waals surface area contributed by atoms with Crippen LogP contribution in [0.25, 0.3) is 0 Å². The van der Waals surface area contributed by atoms with Crippen LogP contribution in [0, 0.1) is 0 Å². The second kappa shape index (κ2) is 7.69. The third kappa shape index (κ3) is 5.96. The van der Waals surface area contributed by atoms with E-state index in [1.54, 1.807) is 0 Å². The molecule has 0 fully saturated rings. The van der Waals surface area contributed by atoms with Crippen molar-refractivity contribution in [3.8, 4) is 0 Å². The van der Waals surface area contributed by atoms with E-state index in [2.05, 4.69) is 26.0 Å². The number of hydrogen-bond donors (Lipinski definition) is 1. The van der Waals surface area contributed by atoms with Crippen LogP contribution in [-0.4, -0.2) is 32.1 Å². The molecule has 0 aliphatic carbocycles. The van der Waals surface area contributed by atoms with Crippen LogP contribution in [0.2, 0.25) is 0 Å². The number of ether oxygens (including phenoxy) is 1. The molecular formula is C12H11BrF5NO2. The fourth-order valence-electron chi connectivity index (χ4n) is 1.39. The SMILES string of the molecule is O=C(NCCOCC(F)F)c1ccc(Br)c(C(F)(F)F)c1. The lowest BCUT2D eigenvalue weighted by atomic mass is 10.1. The van der Waals surface area contributed by atoms with Gasteiger partial charge in [0.05, 0.1) is 12.2 Å². The van der Waals surface area contributed by atoms with Crippen LogP contribution in [0.1, 0.15) is 15.9 Å². The highest BCUT2D eigenvalue weighted by molar-refractivity contribution is 9.10. The van der Waals surface area contributed by atoms with Crippen molar-refractivity contribution in [3.05, 3.63) is 33.8 Å². The van der Waals surface area contributed by atoms with Gasteiger partial charge in [-0.3, -0.25) is 4.79 Å². The Morgan fingerprint density at radius 2 is 2.00 bits per heavy atom. The van der Waals surface area contributed by atoms with Crippen molar-refractivity contribution in [2.45, 2.75) is 12.6 Å². The molecule has 0 saturated heterocycles. The molecule has 3 nitrogen and oxygen atoms in total. The van der Waals surface area contributed by atoms with Gasteiger partial charge in [-0.2, -0.15) is 13.2 Å². The summed E-state index contributed by atoms with van der Waals surface area (Å²) in [6.07, 6.45) is -7.20. The lowest BCUT2D eigenvalue weighted by Gasteiger charge is -2.11. The zero-order valence-corrected chi connectivity index (χ0v) is 12.1. The molecule has 0 atom stereocenters. The van der Waals surface area contributed by atoms with Gasteiger partial charge in [-0.05, 0) is 18.2 Å². The minimum absolute atomic E-state index is 0.0804. The minimum Gasteiger partial charge on any atom is -0.374 e. The van der Waals surface area contributed by atoms with Gasteiger partial charge < -0.3 is 10.1 Å². The lowest BCUT2D eigenvalue weighted by Crippen LogP contribution is -2.28. The van der Waals surface area contributed by atoms with E-state index < -0.39 is 30.7 Å². The Labute approximate surface area is 125 Å². The van der Waals surface area contributed by atoms with E-state index in [0.29, 0.717) is 6.07 Å². The summed E-state index contributed by atoms with van der Waals surface area (Å²) >= 11 is 2.76. The first kappa shape index (κ1) is 17.8. The smallest absolute Gasteiger partial charge is 0.374 e. The molecular weight excluding hydrogens is 365 g/mol.